The maximum absolute atomic E-state index is 10.6. The van der Waals surface area contributed by atoms with Crippen LogP contribution < -0.4 is 0 Å². The minimum Gasteiger partial charge on any atom is -0.259 e. The van der Waals surface area contributed by atoms with Crippen LogP contribution in [0.25, 0.3) is 6.08 Å². The molecule has 70 valence electrons. The van der Waals surface area contributed by atoms with Gasteiger partial charge in [-0.1, -0.05) is 13.8 Å². The normalized spacial score (nSPS) is 12.1. The highest BCUT2D eigenvalue weighted by atomic mass is 32.1. The van der Waals surface area contributed by atoms with E-state index in [2.05, 4.69) is 4.98 Å². The van der Waals surface area contributed by atoms with Crippen LogP contribution >= 0.6 is 11.3 Å². The fourth-order valence-corrected chi connectivity index (χ4v) is 1.43. The largest absolute Gasteiger partial charge is 0.259 e. The molecular formula is C8H10N2O2S. The maximum Gasteiger partial charge on any atom is 0.250 e. The minimum absolute atomic E-state index is 0.0721. The van der Waals surface area contributed by atoms with Gasteiger partial charge in [-0.2, -0.15) is 0 Å². The monoisotopic (exact) mass is 198 g/mol. The molecule has 0 radical (unpaired) electrons. The van der Waals surface area contributed by atoms with E-state index in [9.17, 15) is 10.1 Å². The van der Waals surface area contributed by atoms with E-state index in [1.165, 1.54) is 11.3 Å². The van der Waals surface area contributed by atoms with E-state index in [-0.39, 0.29) is 16.5 Å². The molecule has 0 aliphatic carbocycles. The van der Waals surface area contributed by atoms with Crippen molar-refractivity contribution in [2.24, 2.45) is 5.92 Å². The van der Waals surface area contributed by atoms with E-state index in [0.717, 1.165) is 4.88 Å². The number of aromatic nitrogens is 1. The first-order valence-corrected chi connectivity index (χ1v) is 4.73. The summed E-state index contributed by atoms with van der Waals surface area (Å²) in [6.45, 7) is 3.60. The van der Waals surface area contributed by atoms with Crippen LogP contribution in [0.4, 0.5) is 0 Å². The molecule has 0 unspecified atom stereocenters. The Morgan fingerprint density at radius 1 is 1.77 bits per heavy atom. The second-order valence-electron chi connectivity index (χ2n) is 2.88. The Balaban J connectivity index is 2.94. The Morgan fingerprint density at radius 2 is 2.46 bits per heavy atom. The topological polar surface area (TPSA) is 56.0 Å². The van der Waals surface area contributed by atoms with Crippen molar-refractivity contribution in [1.29, 1.82) is 0 Å². The predicted octanol–water partition coefficient (Wildman–Crippen LogP) is 2.42. The highest BCUT2D eigenvalue weighted by Gasteiger charge is 2.15. The summed E-state index contributed by atoms with van der Waals surface area (Å²) < 4.78 is 0. The van der Waals surface area contributed by atoms with E-state index >= 15 is 0 Å². The molecule has 0 spiro atoms. The second-order valence-corrected chi connectivity index (χ2v) is 3.80. The number of rotatable bonds is 3. The summed E-state index contributed by atoms with van der Waals surface area (Å²) in [5.41, 5.74) is 1.88. The van der Waals surface area contributed by atoms with Gasteiger partial charge in [0.05, 0.1) is 15.3 Å². The van der Waals surface area contributed by atoms with E-state index in [1.807, 2.05) is 0 Å². The Morgan fingerprint density at radius 3 is 2.85 bits per heavy atom. The first-order chi connectivity index (χ1) is 6.11. The first kappa shape index (κ1) is 9.85. The van der Waals surface area contributed by atoms with Crippen LogP contribution in [0.2, 0.25) is 0 Å². The van der Waals surface area contributed by atoms with Crippen molar-refractivity contribution in [2.75, 3.05) is 0 Å². The smallest absolute Gasteiger partial charge is 0.250 e. The first-order valence-electron chi connectivity index (χ1n) is 3.85. The Bertz CT molecular complexity index is 317. The van der Waals surface area contributed by atoms with Crippen LogP contribution in [-0.4, -0.2) is 9.91 Å². The standard InChI is InChI=1S/C8H10N2O2S/c1-6(2)8(10(11)12)3-7-4-9-5-13-7/h3-6H,1-2H3. The minimum atomic E-state index is -0.343. The lowest BCUT2D eigenvalue weighted by molar-refractivity contribution is -0.431. The van der Waals surface area contributed by atoms with Gasteiger partial charge < -0.3 is 0 Å². The van der Waals surface area contributed by atoms with Crippen LogP contribution in [0.15, 0.2) is 17.4 Å². The summed E-state index contributed by atoms with van der Waals surface area (Å²) in [5.74, 6) is -0.0721. The summed E-state index contributed by atoms with van der Waals surface area (Å²) in [7, 11) is 0. The average molecular weight is 198 g/mol. The molecule has 1 rings (SSSR count). The van der Waals surface area contributed by atoms with Gasteiger partial charge in [0.2, 0.25) is 5.70 Å². The lowest BCUT2D eigenvalue weighted by Crippen LogP contribution is -2.04. The zero-order chi connectivity index (χ0) is 9.84. The van der Waals surface area contributed by atoms with Gasteiger partial charge in [0.1, 0.15) is 0 Å². The van der Waals surface area contributed by atoms with Crippen LogP contribution in [0.3, 0.4) is 0 Å². The van der Waals surface area contributed by atoms with Gasteiger partial charge in [-0.25, -0.2) is 0 Å². The van der Waals surface area contributed by atoms with Gasteiger partial charge in [0.15, 0.2) is 0 Å². The fraction of sp³-hybridized carbons (Fsp3) is 0.375. The van der Waals surface area contributed by atoms with Crippen molar-refractivity contribution in [2.45, 2.75) is 13.8 Å². The van der Waals surface area contributed by atoms with Crippen LogP contribution in [0.1, 0.15) is 18.7 Å². The molecule has 0 fully saturated rings. The third-order valence-corrected chi connectivity index (χ3v) is 2.27. The van der Waals surface area contributed by atoms with Gasteiger partial charge in [0.25, 0.3) is 0 Å². The molecule has 0 aliphatic rings. The third kappa shape index (κ3) is 2.62. The highest BCUT2D eigenvalue weighted by molar-refractivity contribution is 7.10. The van der Waals surface area contributed by atoms with Crippen molar-refractivity contribution in [3.8, 4) is 0 Å². The lowest BCUT2D eigenvalue weighted by Gasteiger charge is -1.99. The number of allylic oxidation sites excluding steroid dienone is 1. The molecule has 5 heteroatoms. The van der Waals surface area contributed by atoms with Gasteiger partial charge in [-0.05, 0) is 0 Å². The molecule has 13 heavy (non-hydrogen) atoms. The van der Waals surface area contributed by atoms with Crippen molar-refractivity contribution in [1.82, 2.24) is 4.98 Å². The zero-order valence-electron chi connectivity index (χ0n) is 7.43. The average Bonchev–Trinajstić information content (AvgIpc) is 2.50. The SMILES string of the molecule is CC(C)C(=Cc1cncs1)[N+](=O)[O-]. The number of nitrogens with zero attached hydrogens (tertiary/aromatic N) is 2. The van der Waals surface area contributed by atoms with Crippen molar-refractivity contribution >= 4 is 17.4 Å². The number of thiazole rings is 1. The highest BCUT2D eigenvalue weighted by Crippen LogP contribution is 2.17. The maximum atomic E-state index is 10.6. The molecule has 4 nitrogen and oxygen atoms in total. The molecule has 1 aromatic rings. The van der Waals surface area contributed by atoms with E-state index in [0.29, 0.717) is 0 Å². The van der Waals surface area contributed by atoms with Crippen molar-refractivity contribution in [3.05, 3.63) is 32.4 Å². The molecule has 0 amide bonds. The summed E-state index contributed by atoms with van der Waals surface area (Å²) in [4.78, 5) is 14.9. The number of hydrogen-bond acceptors (Lipinski definition) is 4. The fourth-order valence-electron chi connectivity index (χ4n) is 0.873. The molecular weight excluding hydrogens is 188 g/mol. The Labute approximate surface area is 80.1 Å². The molecule has 0 bridgehead atoms. The number of hydrogen-bond donors (Lipinski definition) is 0. The molecule has 0 atom stereocenters. The van der Waals surface area contributed by atoms with Crippen LogP contribution in [0, 0.1) is 16.0 Å². The lowest BCUT2D eigenvalue weighted by atomic mass is 10.1. The van der Waals surface area contributed by atoms with Gasteiger partial charge in [-0.15, -0.1) is 11.3 Å². The number of nitro groups is 1. The van der Waals surface area contributed by atoms with Crippen molar-refractivity contribution < 1.29 is 4.92 Å². The molecule has 1 aromatic heterocycles. The second kappa shape index (κ2) is 4.13. The predicted molar refractivity (Wildman–Crippen MR) is 51.9 cm³/mol. The van der Waals surface area contributed by atoms with Crippen LogP contribution in [0.5, 0.6) is 0 Å². The zero-order valence-corrected chi connectivity index (χ0v) is 8.25. The molecule has 1 heterocycles. The van der Waals surface area contributed by atoms with Gasteiger partial charge in [-0.3, -0.25) is 15.1 Å². The molecule has 0 saturated carbocycles. The quantitative estimate of drug-likeness (QED) is 0.553. The molecule has 0 saturated heterocycles. The molecule has 0 N–H and O–H groups in total. The van der Waals surface area contributed by atoms with E-state index < -0.39 is 0 Å². The third-order valence-electron chi connectivity index (χ3n) is 1.54. The summed E-state index contributed by atoms with van der Waals surface area (Å²) in [5, 5.41) is 10.6. The molecule has 0 aromatic carbocycles. The summed E-state index contributed by atoms with van der Waals surface area (Å²) >= 11 is 1.39. The van der Waals surface area contributed by atoms with E-state index in [4.69, 9.17) is 0 Å². The van der Waals surface area contributed by atoms with Gasteiger partial charge in [0, 0.05) is 18.2 Å². The van der Waals surface area contributed by atoms with Gasteiger partial charge >= 0.3 is 0 Å². The summed E-state index contributed by atoms with van der Waals surface area (Å²) in [6.07, 6.45) is 3.19. The van der Waals surface area contributed by atoms with Crippen molar-refractivity contribution in [3.63, 3.8) is 0 Å². The Kier molecular flexibility index (Phi) is 3.13. The van der Waals surface area contributed by atoms with E-state index in [1.54, 1.807) is 31.6 Å². The summed E-state index contributed by atoms with van der Waals surface area (Å²) in [6, 6.07) is 0. The Hall–Kier alpha value is -1.23. The van der Waals surface area contributed by atoms with Crippen LogP contribution in [-0.2, 0) is 0 Å². The molecule has 0 aliphatic heterocycles.